The van der Waals surface area contributed by atoms with Gasteiger partial charge >= 0.3 is 0 Å². The Kier molecular flexibility index (Phi) is 4.71. The summed E-state index contributed by atoms with van der Waals surface area (Å²) in [5.41, 5.74) is 0.741. The molecule has 1 aromatic heterocycles. The van der Waals surface area contributed by atoms with Crippen LogP contribution in [-0.4, -0.2) is 46.5 Å². The third-order valence-electron chi connectivity index (χ3n) is 3.44. The monoisotopic (exact) mass is 337 g/mol. The highest BCUT2D eigenvalue weighted by Crippen LogP contribution is 2.27. The Morgan fingerprint density at radius 1 is 1.26 bits per heavy atom. The molecule has 0 unspecified atom stereocenters. The fourth-order valence-electron chi connectivity index (χ4n) is 2.38. The predicted octanol–water partition coefficient (Wildman–Crippen LogP) is 1.98. The number of morpholine rings is 1. The number of anilines is 1. The van der Waals surface area contributed by atoms with Crippen LogP contribution in [0.2, 0.25) is 0 Å². The maximum atomic E-state index is 14.4. The molecule has 0 N–H and O–H groups in total. The molecule has 1 aromatic carbocycles. The first-order valence-electron chi connectivity index (χ1n) is 6.96. The summed E-state index contributed by atoms with van der Waals surface area (Å²) in [5.74, 6) is -1.29. The van der Waals surface area contributed by atoms with Crippen LogP contribution in [-0.2, 0) is 11.3 Å². The van der Waals surface area contributed by atoms with E-state index in [1.165, 1.54) is 16.8 Å². The second-order valence-corrected chi connectivity index (χ2v) is 5.10. The Hall–Kier alpha value is -2.22. The molecule has 0 spiro atoms. The molecular formula is C14H13F2N5OS. The van der Waals surface area contributed by atoms with Crippen LogP contribution in [0.1, 0.15) is 5.69 Å². The van der Waals surface area contributed by atoms with Gasteiger partial charge in [0.2, 0.25) is 0 Å². The molecule has 0 radical (unpaired) electrons. The van der Waals surface area contributed by atoms with E-state index in [1.807, 2.05) is 0 Å². The third-order valence-corrected chi connectivity index (χ3v) is 3.57. The standard InChI is InChI=1S/C14H13F2N5OS/c15-12-5-11(21-8-10(18-19-21)7-17-9-23)6-13(16)14(12)20-1-3-22-4-2-20/h5-6,8H,1-4,7H2. The molecule has 120 valence electrons. The van der Waals surface area contributed by atoms with Crippen molar-refractivity contribution in [1.29, 1.82) is 0 Å². The molecule has 1 aliphatic heterocycles. The van der Waals surface area contributed by atoms with Crippen LogP contribution in [0.4, 0.5) is 14.5 Å². The first-order chi connectivity index (χ1) is 11.2. The van der Waals surface area contributed by atoms with Gasteiger partial charge in [-0.2, -0.15) is 0 Å². The molecule has 1 saturated heterocycles. The molecule has 9 heteroatoms. The lowest BCUT2D eigenvalue weighted by Gasteiger charge is -2.29. The Labute approximate surface area is 136 Å². The van der Waals surface area contributed by atoms with Gasteiger partial charge in [0.25, 0.3) is 0 Å². The van der Waals surface area contributed by atoms with Crippen LogP contribution in [0.5, 0.6) is 0 Å². The number of ether oxygens (including phenoxy) is 1. The summed E-state index contributed by atoms with van der Waals surface area (Å²) in [6.45, 7) is 2.04. The van der Waals surface area contributed by atoms with E-state index in [-0.39, 0.29) is 17.9 Å². The number of rotatable bonds is 4. The molecule has 3 rings (SSSR count). The molecule has 1 aliphatic rings. The van der Waals surface area contributed by atoms with E-state index in [2.05, 4.69) is 32.7 Å². The Bertz CT molecular complexity index is 730. The average molecular weight is 337 g/mol. The average Bonchev–Trinajstić information content (AvgIpc) is 3.02. The van der Waals surface area contributed by atoms with Crippen molar-refractivity contribution in [1.82, 2.24) is 15.0 Å². The molecule has 0 bridgehead atoms. The van der Waals surface area contributed by atoms with Crippen molar-refractivity contribution in [3.05, 3.63) is 35.7 Å². The van der Waals surface area contributed by atoms with Crippen molar-refractivity contribution < 1.29 is 13.5 Å². The van der Waals surface area contributed by atoms with Crippen molar-refractivity contribution in [2.75, 3.05) is 31.2 Å². The lowest BCUT2D eigenvalue weighted by Crippen LogP contribution is -2.37. The Morgan fingerprint density at radius 3 is 2.61 bits per heavy atom. The fraction of sp³-hybridized carbons (Fsp3) is 0.357. The highest BCUT2D eigenvalue weighted by atomic mass is 32.1. The van der Waals surface area contributed by atoms with Crippen molar-refractivity contribution in [2.45, 2.75) is 6.54 Å². The van der Waals surface area contributed by atoms with Gasteiger partial charge in [-0.05, 0) is 12.2 Å². The van der Waals surface area contributed by atoms with Crippen LogP contribution in [0.15, 0.2) is 23.3 Å². The molecule has 0 saturated carbocycles. The van der Waals surface area contributed by atoms with E-state index in [9.17, 15) is 8.78 Å². The van der Waals surface area contributed by atoms with E-state index >= 15 is 0 Å². The number of hydrogen-bond donors (Lipinski definition) is 0. The largest absolute Gasteiger partial charge is 0.378 e. The maximum Gasteiger partial charge on any atom is 0.151 e. The second kappa shape index (κ2) is 6.91. The number of aromatic nitrogens is 3. The number of aliphatic imine (C=N–C) groups is 1. The molecule has 0 amide bonds. The molecule has 23 heavy (non-hydrogen) atoms. The predicted molar refractivity (Wildman–Crippen MR) is 83.0 cm³/mol. The van der Waals surface area contributed by atoms with Crippen LogP contribution in [0, 0.1) is 11.6 Å². The molecule has 6 nitrogen and oxygen atoms in total. The number of benzene rings is 1. The molecule has 1 fully saturated rings. The highest BCUT2D eigenvalue weighted by Gasteiger charge is 2.21. The van der Waals surface area contributed by atoms with Crippen molar-refractivity contribution in [2.24, 2.45) is 4.99 Å². The molecular weight excluding hydrogens is 324 g/mol. The summed E-state index contributed by atoms with van der Waals surface area (Å²) >= 11 is 4.48. The molecule has 2 aromatic rings. The summed E-state index contributed by atoms with van der Waals surface area (Å²) in [4.78, 5) is 5.38. The van der Waals surface area contributed by atoms with Crippen LogP contribution >= 0.6 is 12.2 Å². The summed E-state index contributed by atoms with van der Waals surface area (Å²) < 4.78 is 35.2. The first-order valence-corrected chi connectivity index (χ1v) is 7.37. The topological polar surface area (TPSA) is 55.5 Å². The van der Waals surface area contributed by atoms with Crippen LogP contribution in [0.25, 0.3) is 5.69 Å². The van der Waals surface area contributed by atoms with E-state index in [4.69, 9.17) is 4.74 Å². The van der Waals surface area contributed by atoms with Gasteiger partial charge in [0.05, 0.1) is 36.8 Å². The summed E-state index contributed by atoms with van der Waals surface area (Å²) in [5, 5.41) is 9.93. The lowest BCUT2D eigenvalue weighted by atomic mass is 10.2. The fourth-order valence-corrected chi connectivity index (χ4v) is 2.45. The normalized spacial score (nSPS) is 14.6. The van der Waals surface area contributed by atoms with Gasteiger partial charge in [-0.3, -0.25) is 0 Å². The molecule has 2 heterocycles. The zero-order valence-electron chi connectivity index (χ0n) is 12.1. The highest BCUT2D eigenvalue weighted by molar-refractivity contribution is 7.78. The van der Waals surface area contributed by atoms with Crippen molar-refractivity contribution in [3.8, 4) is 5.69 Å². The van der Waals surface area contributed by atoms with Crippen LogP contribution in [0.3, 0.4) is 0 Å². The van der Waals surface area contributed by atoms with Gasteiger partial charge in [-0.25, -0.2) is 18.5 Å². The van der Waals surface area contributed by atoms with Gasteiger partial charge in [-0.1, -0.05) is 5.21 Å². The summed E-state index contributed by atoms with van der Waals surface area (Å²) in [6.07, 6.45) is 1.54. The van der Waals surface area contributed by atoms with Crippen molar-refractivity contribution in [3.63, 3.8) is 0 Å². The lowest BCUT2D eigenvalue weighted by molar-refractivity contribution is 0.122. The Balaban J connectivity index is 1.89. The van der Waals surface area contributed by atoms with Gasteiger partial charge in [0.15, 0.2) is 11.6 Å². The van der Waals surface area contributed by atoms with E-state index in [0.717, 1.165) is 0 Å². The van der Waals surface area contributed by atoms with E-state index < -0.39 is 11.6 Å². The Morgan fingerprint density at radius 2 is 1.96 bits per heavy atom. The maximum absolute atomic E-state index is 14.4. The van der Waals surface area contributed by atoms with Crippen molar-refractivity contribution >= 4 is 23.1 Å². The minimum atomic E-state index is -0.643. The van der Waals surface area contributed by atoms with Gasteiger partial charge in [-0.15, -0.1) is 5.10 Å². The number of nitrogens with zero attached hydrogens (tertiary/aromatic N) is 5. The quantitative estimate of drug-likeness (QED) is 0.631. The zero-order chi connectivity index (χ0) is 16.2. The smallest absolute Gasteiger partial charge is 0.151 e. The van der Waals surface area contributed by atoms with Crippen LogP contribution < -0.4 is 4.90 Å². The third kappa shape index (κ3) is 3.42. The number of hydrogen-bond acceptors (Lipinski definition) is 6. The van der Waals surface area contributed by atoms with Gasteiger partial charge in [0, 0.05) is 25.2 Å². The van der Waals surface area contributed by atoms with Gasteiger partial charge in [0.1, 0.15) is 11.4 Å². The minimum absolute atomic E-state index is 0.0392. The first kappa shape index (κ1) is 15.7. The summed E-state index contributed by atoms with van der Waals surface area (Å²) in [6, 6.07) is 2.46. The number of halogens is 2. The SMILES string of the molecule is Fc1cc(-n2cc(CN=C=S)nn2)cc(F)c1N1CCOCC1. The summed E-state index contributed by atoms with van der Waals surface area (Å²) in [7, 11) is 0. The van der Waals surface area contributed by atoms with E-state index in [0.29, 0.717) is 32.0 Å². The van der Waals surface area contributed by atoms with E-state index in [1.54, 1.807) is 11.1 Å². The minimum Gasteiger partial charge on any atom is -0.378 e. The second-order valence-electron chi connectivity index (χ2n) is 4.92. The number of isothiocyanates is 1. The van der Waals surface area contributed by atoms with Gasteiger partial charge < -0.3 is 9.64 Å². The molecule has 0 atom stereocenters. The zero-order valence-corrected chi connectivity index (χ0v) is 12.9. The number of thiocarbonyl (C=S) groups is 1. The molecule has 0 aliphatic carbocycles.